The highest BCUT2D eigenvalue weighted by atomic mass is 16.2. The van der Waals surface area contributed by atoms with E-state index in [1.165, 1.54) is 5.56 Å². The van der Waals surface area contributed by atoms with E-state index in [1.54, 1.807) is 0 Å². The Labute approximate surface area is 143 Å². The summed E-state index contributed by atoms with van der Waals surface area (Å²) in [4.78, 5) is 17.1. The minimum absolute atomic E-state index is 0.107. The second kappa shape index (κ2) is 7.18. The summed E-state index contributed by atoms with van der Waals surface area (Å²) in [5, 5.41) is 4.42. The van der Waals surface area contributed by atoms with E-state index in [9.17, 15) is 4.79 Å². The standard InChI is InChI=1S/C19H26N4O/c1-4-15-5-7-17(8-6-15)19(24)22-12-16(11-21(2)3)13-23-18(14-22)9-10-20-23/h5-10,16H,4,11-14H2,1-3H3/t16-/m1/s1. The zero-order valence-corrected chi connectivity index (χ0v) is 14.8. The summed E-state index contributed by atoms with van der Waals surface area (Å²) in [6.45, 7) is 5.31. The Morgan fingerprint density at radius 1 is 1.21 bits per heavy atom. The first-order valence-corrected chi connectivity index (χ1v) is 8.60. The first kappa shape index (κ1) is 16.7. The van der Waals surface area contributed by atoms with Crippen LogP contribution in [0.1, 0.15) is 28.5 Å². The molecule has 1 aromatic carbocycles. The van der Waals surface area contributed by atoms with Crippen LogP contribution in [0.15, 0.2) is 36.5 Å². The van der Waals surface area contributed by atoms with Crippen molar-refractivity contribution in [1.29, 1.82) is 0 Å². The molecular formula is C19H26N4O. The van der Waals surface area contributed by atoms with Gasteiger partial charge < -0.3 is 9.80 Å². The van der Waals surface area contributed by atoms with Crippen LogP contribution in [0.5, 0.6) is 0 Å². The third-order valence-corrected chi connectivity index (χ3v) is 4.59. The highest BCUT2D eigenvalue weighted by molar-refractivity contribution is 5.94. The molecule has 0 saturated carbocycles. The van der Waals surface area contributed by atoms with Gasteiger partial charge in [0.1, 0.15) is 0 Å². The van der Waals surface area contributed by atoms with E-state index in [-0.39, 0.29) is 5.91 Å². The number of nitrogens with zero attached hydrogens (tertiary/aromatic N) is 4. The zero-order chi connectivity index (χ0) is 17.1. The van der Waals surface area contributed by atoms with Crippen molar-refractivity contribution in [3.63, 3.8) is 0 Å². The number of rotatable bonds is 4. The summed E-state index contributed by atoms with van der Waals surface area (Å²) in [5.41, 5.74) is 3.13. The first-order chi connectivity index (χ1) is 11.6. The average Bonchev–Trinajstić information content (AvgIpc) is 2.92. The van der Waals surface area contributed by atoms with Crippen LogP contribution in [-0.4, -0.2) is 52.7 Å². The Morgan fingerprint density at radius 3 is 2.62 bits per heavy atom. The first-order valence-electron chi connectivity index (χ1n) is 8.60. The van der Waals surface area contributed by atoms with E-state index in [0.29, 0.717) is 12.5 Å². The van der Waals surface area contributed by atoms with Crippen LogP contribution in [0.25, 0.3) is 0 Å². The summed E-state index contributed by atoms with van der Waals surface area (Å²) in [6.07, 6.45) is 2.81. The number of hydrogen-bond donors (Lipinski definition) is 0. The maximum atomic E-state index is 13.0. The molecule has 0 aliphatic carbocycles. The average molecular weight is 326 g/mol. The lowest BCUT2D eigenvalue weighted by Gasteiger charge is -2.26. The van der Waals surface area contributed by atoms with Gasteiger partial charge in [-0.3, -0.25) is 9.48 Å². The molecule has 1 aliphatic rings. The molecule has 0 N–H and O–H groups in total. The number of carbonyl (C=O) groups excluding carboxylic acids is 1. The molecule has 1 aromatic heterocycles. The summed E-state index contributed by atoms with van der Waals surface area (Å²) in [6, 6.07) is 10.0. The zero-order valence-electron chi connectivity index (χ0n) is 14.8. The lowest BCUT2D eigenvalue weighted by atomic mass is 10.1. The lowest BCUT2D eigenvalue weighted by Crippen LogP contribution is -2.37. The van der Waals surface area contributed by atoms with Gasteiger partial charge in [0, 0.05) is 37.3 Å². The summed E-state index contributed by atoms with van der Waals surface area (Å²) in [7, 11) is 4.15. The number of amides is 1. The molecule has 24 heavy (non-hydrogen) atoms. The van der Waals surface area contributed by atoms with Crippen molar-refractivity contribution in [2.45, 2.75) is 26.4 Å². The van der Waals surface area contributed by atoms with Gasteiger partial charge in [-0.05, 0) is 44.3 Å². The van der Waals surface area contributed by atoms with Gasteiger partial charge >= 0.3 is 0 Å². The summed E-state index contributed by atoms with van der Waals surface area (Å²) in [5.74, 6) is 0.482. The maximum Gasteiger partial charge on any atom is 0.254 e. The molecule has 1 aliphatic heterocycles. The Bertz CT molecular complexity index is 690. The molecule has 2 aromatic rings. The molecule has 0 bridgehead atoms. The minimum atomic E-state index is 0.107. The molecule has 0 unspecified atom stereocenters. The summed E-state index contributed by atoms with van der Waals surface area (Å²) < 4.78 is 2.04. The maximum absolute atomic E-state index is 13.0. The molecule has 5 nitrogen and oxygen atoms in total. The van der Waals surface area contributed by atoms with Gasteiger partial charge in [0.05, 0.1) is 12.2 Å². The van der Waals surface area contributed by atoms with E-state index >= 15 is 0 Å². The molecule has 0 saturated heterocycles. The second-order valence-corrected chi connectivity index (χ2v) is 6.87. The number of fused-ring (bicyclic) bond motifs is 1. The molecule has 5 heteroatoms. The molecule has 0 spiro atoms. The van der Waals surface area contributed by atoms with Gasteiger partial charge in [0.15, 0.2) is 0 Å². The minimum Gasteiger partial charge on any atom is -0.332 e. The lowest BCUT2D eigenvalue weighted by molar-refractivity contribution is 0.0711. The van der Waals surface area contributed by atoms with Crippen molar-refractivity contribution in [3.05, 3.63) is 53.3 Å². The van der Waals surface area contributed by atoms with E-state index in [4.69, 9.17) is 0 Å². The normalized spacial score (nSPS) is 17.7. The highest BCUT2D eigenvalue weighted by Crippen LogP contribution is 2.19. The van der Waals surface area contributed by atoms with Crippen LogP contribution < -0.4 is 0 Å². The van der Waals surface area contributed by atoms with Gasteiger partial charge in [-0.15, -0.1) is 0 Å². The summed E-state index contributed by atoms with van der Waals surface area (Å²) >= 11 is 0. The van der Waals surface area contributed by atoms with Crippen LogP contribution in [-0.2, 0) is 19.5 Å². The fourth-order valence-electron chi connectivity index (χ4n) is 3.39. The number of hydrogen-bond acceptors (Lipinski definition) is 3. The fraction of sp³-hybridized carbons (Fsp3) is 0.474. The largest absolute Gasteiger partial charge is 0.332 e. The Balaban J connectivity index is 1.83. The molecule has 2 heterocycles. The van der Waals surface area contributed by atoms with Crippen molar-refractivity contribution in [3.8, 4) is 0 Å². The van der Waals surface area contributed by atoms with E-state index in [2.05, 4.69) is 31.0 Å². The molecule has 128 valence electrons. The van der Waals surface area contributed by atoms with Gasteiger partial charge in [-0.25, -0.2) is 0 Å². The van der Waals surface area contributed by atoms with E-state index in [1.807, 2.05) is 46.1 Å². The smallest absolute Gasteiger partial charge is 0.254 e. The molecular weight excluding hydrogens is 300 g/mol. The SMILES string of the molecule is CCc1ccc(C(=O)N2Cc3ccnn3C[C@H](CN(C)C)C2)cc1. The number of aromatic nitrogens is 2. The molecule has 3 rings (SSSR count). The van der Waals surface area contributed by atoms with E-state index < -0.39 is 0 Å². The van der Waals surface area contributed by atoms with E-state index in [0.717, 1.165) is 37.3 Å². The quantitative estimate of drug-likeness (QED) is 0.865. The molecule has 1 amide bonds. The van der Waals surface area contributed by atoms with Crippen LogP contribution in [0.2, 0.25) is 0 Å². The molecule has 1 atom stereocenters. The van der Waals surface area contributed by atoms with Crippen molar-refractivity contribution in [1.82, 2.24) is 19.6 Å². The second-order valence-electron chi connectivity index (χ2n) is 6.87. The van der Waals surface area contributed by atoms with Gasteiger partial charge in [-0.2, -0.15) is 5.10 Å². The van der Waals surface area contributed by atoms with Crippen molar-refractivity contribution in [2.75, 3.05) is 27.2 Å². The topological polar surface area (TPSA) is 41.4 Å². The van der Waals surface area contributed by atoms with Crippen LogP contribution in [0, 0.1) is 5.92 Å². The molecule has 0 radical (unpaired) electrons. The Kier molecular flexibility index (Phi) is 5.00. The van der Waals surface area contributed by atoms with Crippen molar-refractivity contribution >= 4 is 5.91 Å². The fourth-order valence-corrected chi connectivity index (χ4v) is 3.39. The van der Waals surface area contributed by atoms with Crippen LogP contribution >= 0.6 is 0 Å². The predicted molar refractivity (Wildman–Crippen MR) is 94.8 cm³/mol. The van der Waals surface area contributed by atoms with Crippen LogP contribution in [0.3, 0.4) is 0 Å². The molecule has 0 fully saturated rings. The predicted octanol–water partition coefficient (Wildman–Crippen LogP) is 2.28. The van der Waals surface area contributed by atoms with Crippen molar-refractivity contribution in [2.24, 2.45) is 5.92 Å². The Morgan fingerprint density at radius 2 is 1.96 bits per heavy atom. The van der Waals surface area contributed by atoms with Gasteiger partial charge in [-0.1, -0.05) is 19.1 Å². The van der Waals surface area contributed by atoms with Gasteiger partial charge in [0.25, 0.3) is 5.91 Å². The van der Waals surface area contributed by atoms with Crippen LogP contribution in [0.4, 0.5) is 0 Å². The third-order valence-electron chi connectivity index (χ3n) is 4.59. The third kappa shape index (κ3) is 3.67. The van der Waals surface area contributed by atoms with Crippen molar-refractivity contribution < 1.29 is 4.79 Å². The highest BCUT2D eigenvalue weighted by Gasteiger charge is 2.26. The number of benzene rings is 1. The number of carbonyl (C=O) groups is 1. The Hall–Kier alpha value is -2.14. The monoisotopic (exact) mass is 326 g/mol. The van der Waals surface area contributed by atoms with Gasteiger partial charge in [0.2, 0.25) is 0 Å². The number of aryl methyl sites for hydroxylation is 1.